The molecule has 2 heterocycles. The summed E-state index contributed by atoms with van der Waals surface area (Å²) in [6.07, 6.45) is 3.34. The lowest BCUT2D eigenvalue weighted by Gasteiger charge is -2.12. The van der Waals surface area contributed by atoms with Crippen molar-refractivity contribution in [1.29, 1.82) is 0 Å². The first-order valence-electron chi connectivity index (χ1n) is 8.20. The van der Waals surface area contributed by atoms with Gasteiger partial charge in [-0.05, 0) is 23.6 Å². The SMILES string of the molecule is C[C@@H](CNC(=O)CSc1nnc(-c2cccnc2)n1N)c1ccccc1. The number of nitrogens with one attached hydrogen (secondary N) is 1. The van der Waals surface area contributed by atoms with Gasteiger partial charge in [-0.2, -0.15) is 0 Å². The van der Waals surface area contributed by atoms with Gasteiger partial charge in [-0.1, -0.05) is 49.0 Å². The number of hydrogen-bond acceptors (Lipinski definition) is 6. The average Bonchev–Trinajstić information content (AvgIpc) is 3.06. The number of nitrogen functional groups attached to an aromatic ring is 1. The van der Waals surface area contributed by atoms with Crippen molar-refractivity contribution in [2.45, 2.75) is 18.0 Å². The third-order valence-corrected chi connectivity index (χ3v) is 4.83. The number of thioether (sulfide) groups is 1. The van der Waals surface area contributed by atoms with Crippen LogP contribution in [0.5, 0.6) is 0 Å². The second-order valence-electron chi connectivity index (χ2n) is 5.82. The van der Waals surface area contributed by atoms with E-state index in [9.17, 15) is 4.79 Å². The Kier molecular flexibility index (Phi) is 5.85. The Morgan fingerprint density at radius 2 is 2.04 bits per heavy atom. The zero-order valence-electron chi connectivity index (χ0n) is 14.4. The van der Waals surface area contributed by atoms with Gasteiger partial charge in [-0.15, -0.1) is 10.2 Å². The van der Waals surface area contributed by atoms with E-state index in [-0.39, 0.29) is 17.6 Å². The highest BCUT2D eigenvalue weighted by Crippen LogP contribution is 2.20. The lowest BCUT2D eigenvalue weighted by atomic mass is 10.0. The molecule has 1 aromatic carbocycles. The summed E-state index contributed by atoms with van der Waals surface area (Å²) < 4.78 is 1.38. The second-order valence-corrected chi connectivity index (χ2v) is 6.76. The van der Waals surface area contributed by atoms with Gasteiger partial charge in [-0.3, -0.25) is 9.78 Å². The molecule has 2 aromatic heterocycles. The maximum absolute atomic E-state index is 12.1. The van der Waals surface area contributed by atoms with E-state index in [1.165, 1.54) is 22.0 Å². The lowest BCUT2D eigenvalue weighted by molar-refractivity contribution is -0.118. The van der Waals surface area contributed by atoms with Crippen molar-refractivity contribution in [2.24, 2.45) is 0 Å². The summed E-state index contributed by atoms with van der Waals surface area (Å²) in [5.74, 6) is 6.95. The molecule has 0 aliphatic heterocycles. The molecule has 0 fully saturated rings. The van der Waals surface area contributed by atoms with Crippen molar-refractivity contribution in [2.75, 3.05) is 18.1 Å². The van der Waals surface area contributed by atoms with Crippen molar-refractivity contribution in [3.63, 3.8) is 0 Å². The molecule has 0 aliphatic rings. The molecule has 3 rings (SSSR count). The summed E-state index contributed by atoms with van der Waals surface area (Å²) in [6.45, 7) is 2.67. The van der Waals surface area contributed by atoms with Crippen LogP contribution in [0.25, 0.3) is 11.4 Å². The first-order chi connectivity index (χ1) is 12.6. The molecule has 3 N–H and O–H groups in total. The lowest BCUT2D eigenvalue weighted by Crippen LogP contribution is -2.29. The molecule has 0 saturated carbocycles. The molecule has 0 aliphatic carbocycles. The fourth-order valence-electron chi connectivity index (χ4n) is 2.41. The van der Waals surface area contributed by atoms with E-state index in [0.29, 0.717) is 17.5 Å². The third kappa shape index (κ3) is 4.40. The molecule has 8 heteroatoms. The van der Waals surface area contributed by atoms with E-state index in [4.69, 9.17) is 5.84 Å². The van der Waals surface area contributed by atoms with Gasteiger partial charge in [0.05, 0.1) is 5.75 Å². The Morgan fingerprint density at radius 1 is 1.23 bits per heavy atom. The van der Waals surface area contributed by atoms with Crippen LogP contribution in [0.15, 0.2) is 60.0 Å². The fourth-order valence-corrected chi connectivity index (χ4v) is 3.10. The minimum absolute atomic E-state index is 0.0660. The number of carbonyl (C=O) groups excluding carboxylic acids is 1. The highest BCUT2D eigenvalue weighted by molar-refractivity contribution is 7.99. The van der Waals surface area contributed by atoms with Gasteiger partial charge in [-0.25, -0.2) is 4.68 Å². The van der Waals surface area contributed by atoms with Crippen molar-refractivity contribution >= 4 is 17.7 Å². The Morgan fingerprint density at radius 3 is 2.77 bits per heavy atom. The van der Waals surface area contributed by atoms with E-state index >= 15 is 0 Å². The first-order valence-corrected chi connectivity index (χ1v) is 9.19. The van der Waals surface area contributed by atoms with Crippen LogP contribution in [0, 0.1) is 0 Å². The van der Waals surface area contributed by atoms with Crippen LogP contribution >= 0.6 is 11.8 Å². The van der Waals surface area contributed by atoms with Crippen LogP contribution in [-0.2, 0) is 4.79 Å². The topological polar surface area (TPSA) is 98.7 Å². The van der Waals surface area contributed by atoms with Gasteiger partial charge in [0.15, 0.2) is 5.82 Å². The molecule has 3 aromatic rings. The van der Waals surface area contributed by atoms with Crippen LogP contribution in [0.1, 0.15) is 18.4 Å². The molecule has 134 valence electrons. The normalized spacial score (nSPS) is 11.9. The van der Waals surface area contributed by atoms with E-state index in [2.05, 4.69) is 39.6 Å². The molecule has 26 heavy (non-hydrogen) atoms. The predicted octanol–water partition coefficient (Wildman–Crippen LogP) is 2.07. The molecule has 1 atom stereocenters. The summed E-state index contributed by atoms with van der Waals surface area (Å²) >= 11 is 1.25. The Balaban J connectivity index is 1.51. The maximum Gasteiger partial charge on any atom is 0.230 e. The molecule has 7 nitrogen and oxygen atoms in total. The standard InChI is InChI=1S/C18H20N6OS/c1-13(14-6-3-2-4-7-14)10-21-16(25)12-26-18-23-22-17(24(18)19)15-8-5-9-20-11-15/h2-9,11,13H,10,12,19H2,1H3,(H,21,25)/t13-/m0/s1. The van der Waals surface area contributed by atoms with Gasteiger partial charge in [0.2, 0.25) is 11.1 Å². The number of pyridine rings is 1. The summed E-state index contributed by atoms with van der Waals surface area (Å²) in [5.41, 5.74) is 1.97. The molecule has 0 radical (unpaired) electrons. The minimum Gasteiger partial charge on any atom is -0.355 e. The fraction of sp³-hybridized carbons (Fsp3) is 0.222. The summed E-state index contributed by atoms with van der Waals surface area (Å²) in [7, 11) is 0. The number of rotatable bonds is 7. The van der Waals surface area contributed by atoms with Crippen molar-refractivity contribution in [1.82, 2.24) is 25.2 Å². The molecule has 1 amide bonds. The Hall–Kier alpha value is -2.87. The molecular formula is C18H20N6OS. The van der Waals surface area contributed by atoms with Gasteiger partial charge >= 0.3 is 0 Å². The zero-order chi connectivity index (χ0) is 18.4. The van der Waals surface area contributed by atoms with Gasteiger partial charge < -0.3 is 11.2 Å². The number of benzene rings is 1. The summed E-state index contributed by atoms with van der Waals surface area (Å²) in [6, 6.07) is 13.7. The number of amides is 1. The monoisotopic (exact) mass is 368 g/mol. The molecular weight excluding hydrogens is 348 g/mol. The molecule has 0 saturated heterocycles. The van der Waals surface area contributed by atoms with Crippen LogP contribution in [0.3, 0.4) is 0 Å². The van der Waals surface area contributed by atoms with E-state index < -0.39 is 0 Å². The highest BCUT2D eigenvalue weighted by atomic mass is 32.2. The first kappa shape index (κ1) is 17.9. The quantitative estimate of drug-likeness (QED) is 0.489. The smallest absolute Gasteiger partial charge is 0.230 e. The number of carbonyl (C=O) groups is 1. The molecule has 0 spiro atoms. The number of hydrogen-bond donors (Lipinski definition) is 2. The third-order valence-electron chi connectivity index (χ3n) is 3.89. The largest absolute Gasteiger partial charge is 0.355 e. The second kappa shape index (κ2) is 8.48. The van der Waals surface area contributed by atoms with Crippen molar-refractivity contribution < 1.29 is 4.79 Å². The minimum atomic E-state index is -0.0660. The highest BCUT2D eigenvalue weighted by Gasteiger charge is 2.14. The van der Waals surface area contributed by atoms with Crippen molar-refractivity contribution in [3.05, 3.63) is 60.4 Å². The van der Waals surface area contributed by atoms with Crippen LogP contribution < -0.4 is 11.2 Å². The van der Waals surface area contributed by atoms with E-state index in [0.717, 1.165) is 5.56 Å². The van der Waals surface area contributed by atoms with Crippen LogP contribution in [0.4, 0.5) is 0 Å². The summed E-state index contributed by atoms with van der Waals surface area (Å²) in [5, 5.41) is 11.5. The number of nitrogens with two attached hydrogens (primary N) is 1. The van der Waals surface area contributed by atoms with E-state index in [1.807, 2.05) is 24.3 Å². The Bertz CT molecular complexity index is 853. The number of aromatic nitrogens is 4. The maximum atomic E-state index is 12.1. The van der Waals surface area contributed by atoms with Gasteiger partial charge in [0.1, 0.15) is 0 Å². The van der Waals surface area contributed by atoms with E-state index in [1.54, 1.807) is 18.5 Å². The Labute approximate surface area is 156 Å². The molecule has 0 bridgehead atoms. The zero-order valence-corrected chi connectivity index (χ0v) is 15.2. The van der Waals surface area contributed by atoms with Crippen LogP contribution in [0.2, 0.25) is 0 Å². The van der Waals surface area contributed by atoms with Crippen LogP contribution in [-0.4, -0.2) is 38.1 Å². The van der Waals surface area contributed by atoms with Gasteiger partial charge in [0.25, 0.3) is 0 Å². The summed E-state index contributed by atoms with van der Waals surface area (Å²) in [4.78, 5) is 16.1. The van der Waals surface area contributed by atoms with Crippen molar-refractivity contribution in [3.8, 4) is 11.4 Å². The number of nitrogens with zero attached hydrogens (tertiary/aromatic N) is 4. The van der Waals surface area contributed by atoms with Gasteiger partial charge in [0, 0.05) is 24.5 Å². The molecule has 0 unspecified atom stereocenters. The average molecular weight is 368 g/mol. The predicted molar refractivity (Wildman–Crippen MR) is 102 cm³/mol.